The second-order valence-electron chi connectivity index (χ2n) is 1.11. The Morgan fingerprint density at radius 3 is 2.75 bits per heavy atom. The summed E-state index contributed by atoms with van der Waals surface area (Å²) in [7, 11) is 0. The van der Waals surface area contributed by atoms with Crippen LogP contribution in [0.1, 0.15) is 13.8 Å². The van der Waals surface area contributed by atoms with Crippen LogP contribution in [0, 0.1) is 0 Å². The fraction of sp³-hybridized carbons (Fsp3) is 0.750. The first-order valence-corrected chi connectivity index (χ1v) is 3.14. The average Bonchev–Trinajstić information content (AvgIpc) is 1.68. The Morgan fingerprint density at radius 1 is 1.75 bits per heavy atom. The molecule has 0 bridgehead atoms. The third-order valence-corrected chi connectivity index (χ3v) is 0.713. The maximum Gasteiger partial charge on any atom is 0.230 e. The van der Waals surface area contributed by atoms with Gasteiger partial charge in [0, 0.05) is 6.92 Å². The molecule has 0 heterocycles. The number of hydrogen-bond acceptors (Lipinski definition) is 3. The van der Waals surface area contributed by atoms with E-state index >= 15 is 0 Å². The van der Waals surface area contributed by atoms with E-state index in [1.807, 2.05) is 6.92 Å². The molecule has 0 aromatic rings. The zero-order valence-corrected chi connectivity index (χ0v) is 7.01. The zero-order chi connectivity index (χ0) is 6.41. The smallest absolute Gasteiger partial charge is 0.230 e. The first-order chi connectivity index (χ1) is 3.81. The molecule has 0 saturated carbocycles. The fourth-order valence-electron chi connectivity index (χ4n) is 0.284. The number of halogens is 1. The standard InChI is InChI=1S/C4H8INO2/c1-3-7-4(2)6-8-5/h3H2,1-2H3/b6-4+. The first kappa shape index (κ1) is 8.00. The van der Waals surface area contributed by atoms with Crippen molar-refractivity contribution in [2.24, 2.45) is 5.16 Å². The Hall–Kier alpha value is 0. The quantitative estimate of drug-likeness (QED) is 0.312. The molecule has 0 saturated heterocycles. The van der Waals surface area contributed by atoms with E-state index in [0.717, 1.165) is 0 Å². The van der Waals surface area contributed by atoms with Crippen molar-refractivity contribution >= 4 is 28.9 Å². The largest absolute Gasteiger partial charge is 0.479 e. The lowest BCUT2D eigenvalue weighted by Gasteiger charge is -1.96. The van der Waals surface area contributed by atoms with E-state index in [0.29, 0.717) is 12.5 Å². The summed E-state index contributed by atoms with van der Waals surface area (Å²) in [6.45, 7) is 4.27. The third kappa shape index (κ3) is 4.17. The van der Waals surface area contributed by atoms with Gasteiger partial charge in [-0.15, -0.1) is 0 Å². The highest BCUT2D eigenvalue weighted by atomic mass is 127. The minimum absolute atomic E-state index is 0.557. The summed E-state index contributed by atoms with van der Waals surface area (Å²) in [5.41, 5.74) is 0. The second-order valence-corrected chi connectivity index (χ2v) is 1.51. The zero-order valence-electron chi connectivity index (χ0n) is 4.85. The number of rotatable bonds is 2. The van der Waals surface area contributed by atoms with Gasteiger partial charge in [-0.25, -0.2) is 0 Å². The van der Waals surface area contributed by atoms with Crippen molar-refractivity contribution in [3.05, 3.63) is 0 Å². The maximum absolute atomic E-state index is 4.90. The molecule has 0 spiro atoms. The van der Waals surface area contributed by atoms with Crippen LogP contribution < -0.4 is 0 Å². The van der Waals surface area contributed by atoms with Gasteiger partial charge in [0.25, 0.3) is 0 Å². The van der Waals surface area contributed by atoms with Crippen LogP contribution in [0.3, 0.4) is 0 Å². The number of nitrogens with zero attached hydrogens (tertiary/aromatic N) is 1. The highest BCUT2D eigenvalue weighted by Gasteiger charge is 1.85. The Bertz CT molecular complexity index is 84.1. The molecule has 0 aliphatic carbocycles. The van der Waals surface area contributed by atoms with Gasteiger partial charge in [-0.1, -0.05) is 0 Å². The molecule has 4 heteroatoms. The summed E-state index contributed by atoms with van der Waals surface area (Å²) in [5.74, 6) is 0.557. The minimum Gasteiger partial charge on any atom is -0.479 e. The molecule has 0 aromatic heterocycles. The topological polar surface area (TPSA) is 30.8 Å². The highest BCUT2D eigenvalue weighted by molar-refractivity contribution is 14.1. The van der Waals surface area contributed by atoms with Crippen molar-refractivity contribution in [2.75, 3.05) is 6.61 Å². The van der Waals surface area contributed by atoms with Crippen molar-refractivity contribution < 1.29 is 7.90 Å². The van der Waals surface area contributed by atoms with Crippen molar-refractivity contribution in [2.45, 2.75) is 13.8 Å². The van der Waals surface area contributed by atoms with Gasteiger partial charge in [0.05, 0.1) is 6.61 Å². The van der Waals surface area contributed by atoms with E-state index in [4.69, 9.17) is 4.74 Å². The van der Waals surface area contributed by atoms with E-state index in [-0.39, 0.29) is 0 Å². The molecule has 0 aliphatic heterocycles. The molecular formula is C4H8INO2. The van der Waals surface area contributed by atoms with Crippen molar-refractivity contribution in [1.82, 2.24) is 0 Å². The molecule has 48 valence electrons. The minimum atomic E-state index is 0.557. The molecule has 0 aromatic carbocycles. The fourth-order valence-corrected chi connectivity index (χ4v) is 0.561. The van der Waals surface area contributed by atoms with Crippen LogP contribution in [0.4, 0.5) is 0 Å². The molecule has 0 radical (unpaired) electrons. The Kier molecular flexibility index (Phi) is 5.14. The van der Waals surface area contributed by atoms with E-state index in [1.54, 1.807) is 29.9 Å². The lowest BCUT2D eigenvalue weighted by molar-refractivity contribution is 0.303. The Morgan fingerprint density at radius 2 is 2.38 bits per heavy atom. The highest BCUT2D eigenvalue weighted by Crippen LogP contribution is 1.88. The molecule has 0 N–H and O–H groups in total. The van der Waals surface area contributed by atoms with Crippen molar-refractivity contribution in [3.63, 3.8) is 0 Å². The molecule has 0 rings (SSSR count). The summed E-state index contributed by atoms with van der Waals surface area (Å²) in [5, 5.41) is 3.50. The van der Waals surface area contributed by atoms with Gasteiger partial charge < -0.3 is 7.90 Å². The van der Waals surface area contributed by atoms with Crippen LogP contribution in [0.25, 0.3) is 0 Å². The predicted molar refractivity (Wildman–Crippen MR) is 39.8 cm³/mol. The van der Waals surface area contributed by atoms with Crippen LogP contribution in [0.2, 0.25) is 0 Å². The molecule has 0 unspecified atom stereocenters. The van der Waals surface area contributed by atoms with E-state index in [1.165, 1.54) is 0 Å². The van der Waals surface area contributed by atoms with Gasteiger partial charge in [0.2, 0.25) is 28.9 Å². The van der Waals surface area contributed by atoms with Crippen LogP contribution in [0.5, 0.6) is 0 Å². The van der Waals surface area contributed by atoms with E-state index in [9.17, 15) is 0 Å². The molecular weight excluding hydrogens is 221 g/mol. The summed E-state index contributed by atoms with van der Waals surface area (Å²) in [4.78, 5) is 0. The third-order valence-electron chi connectivity index (χ3n) is 0.516. The summed E-state index contributed by atoms with van der Waals surface area (Å²) in [6, 6.07) is 0. The number of ether oxygens (including phenoxy) is 1. The SMILES string of the molecule is CCO/C(C)=N/OI. The molecule has 0 fully saturated rings. The lowest BCUT2D eigenvalue weighted by atomic mass is 10.7. The number of hydrogen-bond donors (Lipinski definition) is 0. The second kappa shape index (κ2) is 5.14. The van der Waals surface area contributed by atoms with Gasteiger partial charge in [-0.3, -0.25) is 0 Å². The Balaban J connectivity index is 3.29. The molecule has 0 amide bonds. The first-order valence-electron chi connectivity index (χ1n) is 2.26. The number of oxime groups is 1. The molecule has 0 atom stereocenters. The van der Waals surface area contributed by atoms with E-state index < -0.39 is 0 Å². The van der Waals surface area contributed by atoms with Crippen LogP contribution in [0.15, 0.2) is 5.16 Å². The Labute approximate surface area is 62.7 Å². The molecule has 0 aliphatic rings. The van der Waals surface area contributed by atoms with Crippen LogP contribution in [-0.2, 0) is 7.90 Å². The van der Waals surface area contributed by atoms with Crippen molar-refractivity contribution in [1.29, 1.82) is 0 Å². The van der Waals surface area contributed by atoms with Crippen LogP contribution >= 0.6 is 23.0 Å². The van der Waals surface area contributed by atoms with Gasteiger partial charge in [-0.05, 0) is 12.1 Å². The summed E-state index contributed by atoms with van der Waals surface area (Å²) >= 11 is 1.67. The normalized spacial score (nSPS) is 11.1. The predicted octanol–water partition coefficient (Wildman–Crippen LogP) is 1.72. The summed E-state index contributed by atoms with van der Waals surface area (Å²) in [6.07, 6.45) is 0. The monoisotopic (exact) mass is 229 g/mol. The van der Waals surface area contributed by atoms with Gasteiger partial charge in [0.1, 0.15) is 0 Å². The molecule has 3 nitrogen and oxygen atoms in total. The van der Waals surface area contributed by atoms with Gasteiger partial charge >= 0.3 is 0 Å². The van der Waals surface area contributed by atoms with Gasteiger partial charge in [-0.2, -0.15) is 0 Å². The average molecular weight is 229 g/mol. The van der Waals surface area contributed by atoms with Crippen LogP contribution in [-0.4, -0.2) is 12.5 Å². The van der Waals surface area contributed by atoms with E-state index in [2.05, 4.69) is 8.32 Å². The lowest BCUT2D eigenvalue weighted by Crippen LogP contribution is -1.97. The maximum atomic E-state index is 4.90. The van der Waals surface area contributed by atoms with Crippen molar-refractivity contribution in [3.8, 4) is 0 Å². The molecule has 8 heavy (non-hydrogen) atoms. The van der Waals surface area contributed by atoms with Gasteiger partial charge in [0.15, 0.2) is 0 Å². The summed E-state index contributed by atoms with van der Waals surface area (Å²) < 4.78 is 9.29.